The van der Waals surface area contributed by atoms with Crippen LogP contribution in [0.2, 0.25) is 0 Å². The summed E-state index contributed by atoms with van der Waals surface area (Å²) in [6.45, 7) is 2.16. The Morgan fingerprint density at radius 1 is 1.37 bits per heavy atom. The normalized spacial score (nSPS) is 11.7. The standard InChI is InChI=1S/C11H21N3O5/c1-2-3-6-14(7-9(12)16)11(19)13-5-4-8(15)10(17)18/h8,15H,2-7H2,1H3,(H2,12,16)(H,13,19)(H,17,18)/t8-/m0/s1. The maximum atomic E-state index is 11.7. The number of primary amides is 1. The summed E-state index contributed by atoms with van der Waals surface area (Å²) in [5.41, 5.74) is 5.04. The Labute approximate surface area is 111 Å². The van der Waals surface area contributed by atoms with Gasteiger partial charge in [-0.3, -0.25) is 4.79 Å². The Balaban J connectivity index is 4.16. The van der Waals surface area contributed by atoms with E-state index in [4.69, 9.17) is 15.9 Å². The number of aliphatic hydroxyl groups excluding tert-OH is 1. The minimum Gasteiger partial charge on any atom is -0.479 e. The molecule has 0 saturated heterocycles. The highest BCUT2D eigenvalue weighted by atomic mass is 16.4. The largest absolute Gasteiger partial charge is 0.479 e. The topological polar surface area (TPSA) is 133 Å². The molecular weight excluding hydrogens is 254 g/mol. The van der Waals surface area contributed by atoms with Crippen molar-refractivity contribution < 1.29 is 24.6 Å². The van der Waals surface area contributed by atoms with E-state index >= 15 is 0 Å². The molecule has 0 aromatic carbocycles. The van der Waals surface area contributed by atoms with Crippen LogP contribution in [0.25, 0.3) is 0 Å². The molecule has 0 bridgehead atoms. The monoisotopic (exact) mass is 275 g/mol. The van der Waals surface area contributed by atoms with E-state index in [2.05, 4.69) is 5.32 Å². The highest BCUT2D eigenvalue weighted by Crippen LogP contribution is 1.96. The zero-order valence-corrected chi connectivity index (χ0v) is 11.0. The number of amides is 3. The molecule has 8 nitrogen and oxygen atoms in total. The van der Waals surface area contributed by atoms with E-state index in [1.807, 2.05) is 6.92 Å². The van der Waals surface area contributed by atoms with Gasteiger partial charge in [-0.15, -0.1) is 0 Å². The van der Waals surface area contributed by atoms with E-state index in [1.165, 1.54) is 4.90 Å². The number of nitrogens with two attached hydrogens (primary N) is 1. The van der Waals surface area contributed by atoms with Crippen LogP contribution in [-0.2, 0) is 9.59 Å². The van der Waals surface area contributed by atoms with E-state index in [1.54, 1.807) is 0 Å². The van der Waals surface area contributed by atoms with Crippen molar-refractivity contribution in [2.45, 2.75) is 32.3 Å². The number of urea groups is 1. The van der Waals surface area contributed by atoms with Gasteiger partial charge in [0.2, 0.25) is 5.91 Å². The minimum absolute atomic E-state index is 0.00763. The summed E-state index contributed by atoms with van der Waals surface area (Å²) < 4.78 is 0. The Morgan fingerprint density at radius 2 is 2.00 bits per heavy atom. The number of carbonyl (C=O) groups is 3. The quantitative estimate of drug-likeness (QED) is 0.433. The third-order valence-corrected chi connectivity index (χ3v) is 2.39. The van der Waals surface area contributed by atoms with Crippen molar-refractivity contribution >= 4 is 17.9 Å². The first kappa shape index (κ1) is 17.2. The number of nitrogens with one attached hydrogen (secondary N) is 1. The van der Waals surface area contributed by atoms with Gasteiger partial charge in [0.25, 0.3) is 0 Å². The number of aliphatic hydroxyl groups is 1. The van der Waals surface area contributed by atoms with Gasteiger partial charge in [-0.25, -0.2) is 9.59 Å². The lowest BCUT2D eigenvalue weighted by Crippen LogP contribution is -2.45. The molecule has 8 heteroatoms. The number of unbranched alkanes of at least 4 members (excludes halogenated alkanes) is 1. The van der Waals surface area contributed by atoms with Gasteiger partial charge >= 0.3 is 12.0 Å². The number of nitrogens with zero attached hydrogens (tertiary/aromatic N) is 1. The summed E-state index contributed by atoms with van der Waals surface area (Å²) in [6, 6.07) is -0.496. The number of rotatable bonds is 9. The highest BCUT2D eigenvalue weighted by Gasteiger charge is 2.17. The lowest BCUT2D eigenvalue weighted by molar-refractivity contribution is -0.146. The Hall–Kier alpha value is -1.83. The molecule has 0 aliphatic rings. The van der Waals surface area contributed by atoms with E-state index in [0.29, 0.717) is 6.54 Å². The van der Waals surface area contributed by atoms with Crippen LogP contribution in [0.4, 0.5) is 4.79 Å². The van der Waals surface area contributed by atoms with Gasteiger partial charge < -0.3 is 26.2 Å². The number of carboxylic acids is 1. The molecule has 0 saturated carbocycles. The summed E-state index contributed by atoms with van der Waals surface area (Å²) in [7, 11) is 0. The van der Waals surface area contributed by atoms with Gasteiger partial charge in [0.1, 0.15) is 6.54 Å². The molecular formula is C11H21N3O5. The third kappa shape index (κ3) is 7.98. The minimum atomic E-state index is -1.51. The Bertz CT molecular complexity index is 321. The van der Waals surface area contributed by atoms with Gasteiger partial charge in [0.05, 0.1) is 0 Å². The summed E-state index contributed by atoms with van der Waals surface area (Å²) in [5, 5.41) is 19.9. The molecule has 110 valence electrons. The van der Waals surface area contributed by atoms with Crippen LogP contribution in [0.15, 0.2) is 0 Å². The maximum absolute atomic E-state index is 11.7. The van der Waals surface area contributed by atoms with E-state index in [-0.39, 0.29) is 19.5 Å². The zero-order valence-electron chi connectivity index (χ0n) is 11.0. The summed E-state index contributed by atoms with van der Waals surface area (Å²) in [5.74, 6) is -1.95. The molecule has 0 aliphatic heterocycles. The van der Waals surface area contributed by atoms with E-state index in [9.17, 15) is 14.4 Å². The molecule has 0 aliphatic carbocycles. The van der Waals surface area contributed by atoms with Crippen LogP contribution in [0.3, 0.4) is 0 Å². The maximum Gasteiger partial charge on any atom is 0.332 e. The van der Waals surface area contributed by atoms with Crippen LogP contribution < -0.4 is 11.1 Å². The summed E-state index contributed by atoms with van der Waals surface area (Å²) in [6.07, 6.45) is -0.0154. The second-order valence-electron chi connectivity index (χ2n) is 4.12. The number of carbonyl (C=O) groups excluding carboxylic acids is 2. The van der Waals surface area contributed by atoms with E-state index in [0.717, 1.165) is 12.8 Å². The molecule has 0 aromatic heterocycles. The van der Waals surface area contributed by atoms with Crippen molar-refractivity contribution in [1.29, 1.82) is 0 Å². The van der Waals surface area contributed by atoms with Crippen LogP contribution >= 0.6 is 0 Å². The molecule has 1 atom stereocenters. The lowest BCUT2D eigenvalue weighted by Gasteiger charge is -2.21. The van der Waals surface area contributed by atoms with Crippen LogP contribution in [0, 0.1) is 0 Å². The predicted octanol–water partition coefficient (Wildman–Crippen LogP) is -0.881. The van der Waals surface area contributed by atoms with Crippen LogP contribution in [0.1, 0.15) is 26.2 Å². The Kier molecular flexibility index (Phi) is 8.27. The second-order valence-corrected chi connectivity index (χ2v) is 4.12. The zero-order chi connectivity index (χ0) is 14.8. The molecule has 0 fully saturated rings. The van der Waals surface area contributed by atoms with Gasteiger partial charge in [0, 0.05) is 19.5 Å². The number of hydrogen-bond acceptors (Lipinski definition) is 4. The van der Waals surface area contributed by atoms with Crippen LogP contribution in [-0.4, -0.2) is 58.8 Å². The van der Waals surface area contributed by atoms with Crippen molar-refractivity contribution in [1.82, 2.24) is 10.2 Å². The van der Waals surface area contributed by atoms with Crippen molar-refractivity contribution in [3.63, 3.8) is 0 Å². The van der Waals surface area contributed by atoms with Crippen molar-refractivity contribution in [3.05, 3.63) is 0 Å². The summed E-state index contributed by atoms with van der Waals surface area (Å²) >= 11 is 0. The van der Waals surface area contributed by atoms with Crippen molar-refractivity contribution in [2.24, 2.45) is 5.73 Å². The average molecular weight is 275 g/mol. The molecule has 0 unspecified atom stereocenters. The molecule has 0 heterocycles. The fourth-order valence-electron chi connectivity index (χ4n) is 1.34. The van der Waals surface area contributed by atoms with Crippen molar-refractivity contribution in [3.8, 4) is 0 Å². The van der Waals surface area contributed by atoms with Crippen molar-refractivity contribution in [2.75, 3.05) is 19.6 Å². The predicted molar refractivity (Wildman–Crippen MR) is 67.3 cm³/mol. The molecule has 0 rings (SSSR count). The van der Waals surface area contributed by atoms with Gasteiger partial charge in [-0.05, 0) is 6.42 Å². The lowest BCUT2D eigenvalue weighted by atomic mass is 10.2. The molecule has 0 radical (unpaired) electrons. The smallest absolute Gasteiger partial charge is 0.332 e. The number of aliphatic carboxylic acids is 1. The molecule has 19 heavy (non-hydrogen) atoms. The van der Waals surface area contributed by atoms with Gasteiger partial charge in [0.15, 0.2) is 6.10 Å². The van der Waals surface area contributed by atoms with E-state index < -0.39 is 24.0 Å². The number of hydrogen-bond donors (Lipinski definition) is 4. The summed E-state index contributed by atoms with van der Waals surface area (Å²) in [4.78, 5) is 34.2. The fourth-order valence-corrected chi connectivity index (χ4v) is 1.34. The first-order valence-electron chi connectivity index (χ1n) is 6.10. The van der Waals surface area contributed by atoms with Gasteiger partial charge in [-0.2, -0.15) is 0 Å². The molecule has 0 spiro atoms. The number of carboxylic acid groups (broad SMARTS) is 1. The SMILES string of the molecule is CCCCN(CC(N)=O)C(=O)NCC[C@H](O)C(=O)O. The highest BCUT2D eigenvalue weighted by molar-refractivity contribution is 5.82. The molecule has 5 N–H and O–H groups in total. The molecule has 3 amide bonds. The second kappa shape index (κ2) is 9.15. The van der Waals surface area contributed by atoms with Crippen LogP contribution in [0.5, 0.6) is 0 Å². The first-order chi connectivity index (χ1) is 8.88. The third-order valence-electron chi connectivity index (χ3n) is 2.39. The average Bonchev–Trinajstić information content (AvgIpc) is 2.33. The van der Waals surface area contributed by atoms with Gasteiger partial charge in [-0.1, -0.05) is 13.3 Å². The molecule has 0 aromatic rings. The first-order valence-corrected chi connectivity index (χ1v) is 6.10. The fraction of sp³-hybridized carbons (Fsp3) is 0.727. The Morgan fingerprint density at radius 3 is 2.47 bits per heavy atom.